The molecule has 1 saturated heterocycles. The van der Waals surface area contributed by atoms with Gasteiger partial charge in [0.15, 0.2) is 5.79 Å². The number of hydrogen-bond donors (Lipinski definition) is 1. The van der Waals surface area contributed by atoms with E-state index in [0.29, 0.717) is 28.8 Å². The molecule has 1 aromatic carbocycles. The lowest BCUT2D eigenvalue weighted by Gasteiger charge is -2.35. The van der Waals surface area contributed by atoms with Gasteiger partial charge in [-0.15, -0.1) is 0 Å². The van der Waals surface area contributed by atoms with Gasteiger partial charge in [-0.25, -0.2) is 0 Å². The van der Waals surface area contributed by atoms with Gasteiger partial charge >= 0.3 is 0 Å². The lowest BCUT2D eigenvalue weighted by Crippen LogP contribution is -2.44. The molecule has 4 nitrogen and oxygen atoms in total. The summed E-state index contributed by atoms with van der Waals surface area (Å²) in [7, 11) is 0. The van der Waals surface area contributed by atoms with E-state index < -0.39 is 5.79 Å². The van der Waals surface area contributed by atoms with Crippen molar-refractivity contribution in [3.63, 3.8) is 0 Å². The van der Waals surface area contributed by atoms with Crippen LogP contribution in [0.2, 0.25) is 10.0 Å². The van der Waals surface area contributed by atoms with Crippen LogP contribution >= 0.6 is 23.2 Å². The number of nitrogens with one attached hydrogen (secondary N) is 1. The second-order valence-electron chi connectivity index (χ2n) is 5.46. The fourth-order valence-electron chi connectivity index (χ4n) is 2.93. The summed E-state index contributed by atoms with van der Waals surface area (Å²) in [5, 5.41) is 3.70. The van der Waals surface area contributed by atoms with Crippen molar-refractivity contribution < 1.29 is 14.3 Å². The number of ether oxygens (including phenoxy) is 2. The molecule has 6 heteroatoms. The van der Waals surface area contributed by atoms with Crippen molar-refractivity contribution in [1.29, 1.82) is 0 Å². The van der Waals surface area contributed by atoms with Crippen LogP contribution in [0.5, 0.6) is 0 Å². The maximum Gasteiger partial charge on any atom is 0.253 e. The van der Waals surface area contributed by atoms with E-state index in [1.165, 1.54) is 0 Å². The fraction of sp³-hybridized carbons (Fsp3) is 0.533. The van der Waals surface area contributed by atoms with E-state index in [2.05, 4.69) is 5.32 Å². The Morgan fingerprint density at radius 3 is 2.52 bits per heavy atom. The van der Waals surface area contributed by atoms with E-state index in [0.717, 1.165) is 25.7 Å². The van der Waals surface area contributed by atoms with Gasteiger partial charge in [0.2, 0.25) is 0 Å². The smallest absolute Gasteiger partial charge is 0.253 e. The number of carbonyl (C=O) groups excluding carboxylic acids is 1. The first-order valence-corrected chi connectivity index (χ1v) is 7.88. The molecule has 3 rings (SSSR count). The summed E-state index contributed by atoms with van der Waals surface area (Å²) in [6.07, 6.45) is 3.29. The van der Waals surface area contributed by atoms with Crippen LogP contribution in [0.1, 0.15) is 36.0 Å². The predicted molar refractivity (Wildman–Crippen MR) is 80.8 cm³/mol. The molecule has 1 spiro atoms. The Morgan fingerprint density at radius 2 is 1.86 bits per heavy atom. The van der Waals surface area contributed by atoms with Crippen molar-refractivity contribution in [1.82, 2.24) is 5.32 Å². The van der Waals surface area contributed by atoms with Gasteiger partial charge in [0.1, 0.15) is 0 Å². The van der Waals surface area contributed by atoms with Gasteiger partial charge in [0.25, 0.3) is 5.91 Å². The topological polar surface area (TPSA) is 47.6 Å². The molecule has 1 amide bonds. The molecule has 2 aliphatic rings. The zero-order valence-corrected chi connectivity index (χ0v) is 13.0. The molecule has 0 radical (unpaired) electrons. The molecular formula is C15H17Cl2NO3. The molecule has 1 aliphatic heterocycles. The fourth-order valence-corrected chi connectivity index (χ4v) is 3.32. The van der Waals surface area contributed by atoms with Gasteiger partial charge in [0.05, 0.1) is 28.8 Å². The first-order valence-electron chi connectivity index (χ1n) is 7.12. The van der Waals surface area contributed by atoms with Gasteiger partial charge < -0.3 is 14.8 Å². The van der Waals surface area contributed by atoms with Crippen molar-refractivity contribution >= 4 is 29.1 Å². The van der Waals surface area contributed by atoms with E-state index in [1.54, 1.807) is 18.2 Å². The Kier molecular flexibility index (Phi) is 4.41. The summed E-state index contributed by atoms with van der Waals surface area (Å²) in [6, 6.07) is 5.18. The van der Waals surface area contributed by atoms with Gasteiger partial charge in [0, 0.05) is 18.9 Å². The quantitative estimate of drug-likeness (QED) is 0.904. The highest BCUT2D eigenvalue weighted by Gasteiger charge is 2.40. The number of amides is 1. The minimum Gasteiger partial charge on any atom is -0.349 e. The van der Waals surface area contributed by atoms with Crippen LogP contribution in [0, 0.1) is 0 Å². The van der Waals surface area contributed by atoms with Crippen LogP contribution in [-0.2, 0) is 9.47 Å². The summed E-state index contributed by atoms with van der Waals surface area (Å²) < 4.78 is 11.4. The summed E-state index contributed by atoms with van der Waals surface area (Å²) in [6.45, 7) is 1.32. The number of carbonyl (C=O) groups is 1. The zero-order chi connectivity index (χ0) is 14.9. The predicted octanol–water partition coefficient (Wildman–Crippen LogP) is 3.41. The van der Waals surface area contributed by atoms with E-state index >= 15 is 0 Å². The maximum absolute atomic E-state index is 12.3. The average molecular weight is 330 g/mol. The second kappa shape index (κ2) is 6.13. The molecule has 21 heavy (non-hydrogen) atoms. The first kappa shape index (κ1) is 15.1. The molecule has 1 aromatic rings. The lowest BCUT2D eigenvalue weighted by molar-refractivity contribution is -0.179. The van der Waals surface area contributed by atoms with Gasteiger partial charge in [-0.3, -0.25) is 4.79 Å². The van der Waals surface area contributed by atoms with Crippen LogP contribution in [0.3, 0.4) is 0 Å². The van der Waals surface area contributed by atoms with Crippen LogP contribution < -0.4 is 5.32 Å². The van der Waals surface area contributed by atoms with E-state index in [-0.39, 0.29) is 11.9 Å². The van der Waals surface area contributed by atoms with Crippen molar-refractivity contribution in [2.45, 2.75) is 37.5 Å². The monoisotopic (exact) mass is 329 g/mol. The van der Waals surface area contributed by atoms with Crippen molar-refractivity contribution in [2.75, 3.05) is 13.2 Å². The minimum atomic E-state index is -0.408. The second-order valence-corrected chi connectivity index (χ2v) is 6.24. The number of rotatable bonds is 2. The number of halogens is 2. The highest BCUT2D eigenvalue weighted by Crippen LogP contribution is 2.36. The van der Waals surface area contributed by atoms with Gasteiger partial charge in [-0.1, -0.05) is 29.3 Å². The van der Waals surface area contributed by atoms with Crippen molar-refractivity contribution in [3.8, 4) is 0 Å². The third kappa shape index (κ3) is 3.19. The van der Waals surface area contributed by atoms with Crippen LogP contribution in [0.4, 0.5) is 0 Å². The van der Waals surface area contributed by atoms with E-state index in [9.17, 15) is 4.79 Å². The number of hydrogen-bond acceptors (Lipinski definition) is 3. The van der Waals surface area contributed by atoms with Crippen LogP contribution in [0.15, 0.2) is 18.2 Å². The molecule has 114 valence electrons. The molecule has 2 fully saturated rings. The van der Waals surface area contributed by atoms with E-state index in [1.807, 2.05) is 0 Å². The van der Waals surface area contributed by atoms with Crippen LogP contribution in [-0.4, -0.2) is 30.9 Å². The molecule has 0 unspecified atom stereocenters. The Labute approximate surface area is 133 Å². The van der Waals surface area contributed by atoms with Gasteiger partial charge in [-0.05, 0) is 25.0 Å². The van der Waals surface area contributed by atoms with Crippen molar-refractivity contribution in [2.24, 2.45) is 0 Å². The molecule has 1 aliphatic carbocycles. The zero-order valence-electron chi connectivity index (χ0n) is 11.5. The third-order valence-corrected chi connectivity index (χ3v) is 4.91. The van der Waals surface area contributed by atoms with Gasteiger partial charge in [-0.2, -0.15) is 0 Å². The molecule has 1 N–H and O–H groups in total. The molecule has 1 saturated carbocycles. The molecule has 0 aromatic heterocycles. The molecular weight excluding hydrogens is 313 g/mol. The number of benzene rings is 1. The highest BCUT2D eigenvalue weighted by molar-refractivity contribution is 6.43. The highest BCUT2D eigenvalue weighted by atomic mass is 35.5. The third-order valence-electron chi connectivity index (χ3n) is 4.09. The molecule has 1 heterocycles. The molecule has 0 atom stereocenters. The lowest BCUT2D eigenvalue weighted by atomic mass is 9.90. The summed E-state index contributed by atoms with van der Waals surface area (Å²) >= 11 is 12.0. The van der Waals surface area contributed by atoms with Crippen molar-refractivity contribution in [3.05, 3.63) is 33.8 Å². The average Bonchev–Trinajstić information content (AvgIpc) is 2.93. The minimum absolute atomic E-state index is 0.117. The standard InChI is InChI=1S/C15H17Cl2NO3/c16-12-3-1-2-11(13(12)17)14(19)18-10-4-6-15(7-5-10)20-8-9-21-15/h1-3,10H,4-9H2,(H,18,19). The first-order chi connectivity index (χ1) is 10.1. The normalized spacial score (nSPS) is 21.6. The van der Waals surface area contributed by atoms with Crippen LogP contribution in [0.25, 0.3) is 0 Å². The SMILES string of the molecule is O=C(NC1CCC2(CC1)OCCO2)c1cccc(Cl)c1Cl. The summed E-state index contributed by atoms with van der Waals surface area (Å²) in [5.41, 5.74) is 0.415. The summed E-state index contributed by atoms with van der Waals surface area (Å²) in [5.74, 6) is -0.591. The summed E-state index contributed by atoms with van der Waals surface area (Å²) in [4.78, 5) is 12.3. The maximum atomic E-state index is 12.3. The van der Waals surface area contributed by atoms with E-state index in [4.69, 9.17) is 32.7 Å². The Morgan fingerprint density at radius 1 is 1.19 bits per heavy atom. The Bertz CT molecular complexity index is 534. The Hall–Kier alpha value is -0.810. The largest absolute Gasteiger partial charge is 0.349 e. The Balaban J connectivity index is 1.60. The molecule has 0 bridgehead atoms.